The number of hydrogen-bond acceptors (Lipinski definition) is 6. The number of aromatic nitrogens is 2. The predicted octanol–water partition coefficient (Wildman–Crippen LogP) is 1.17. The lowest BCUT2D eigenvalue weighted by Gasteiger charge is -2.18. The average molecular weight is 255 g/mol. The minimum absolute atomic E-state index is 0.0165. The van der Waals surface area contributed by atoms with E-state index >= 15 is 0 Å². The van der Waals surface area contributed by atoms with Gasteiger partial charge in [-0.2, -0.15) is 16.7 Å². The number of rotatable bonds is 3. The molecule has 0 bridgehead atoms. The SMILES string of the molecule is C1CNC(Cc2nc(C3CSCCO3)no2)C1. The highest BCUT2D eigenvalue weighted by molar-refractivity contribution is 7.99. The molecule has 94 valence electrons. The summed E-state index contributed by atoms with van der Waals surface area (Å²) in [5.41, 5.74) is 0. The molecule has 2 fully saturated rings. The third-order valence-electron chi connectivity index (χ3n) is 3.17. The minimum atomic E-state index is 0.0165. The van der Waals surface area contributed by atoms with Gasteiger partial charge in [0.1, 0.15) is 6.10 Å². The van der Waals surface area contributed by atoms with E-state index in [-0.39, 0.29) is 6.10 Å². The molecule has 2 saturated heterocycles. The molecule has 0 aromatic carbocycles. The van der Waals surface area contributed by atoms with Gasteiger partial charge in [-0.3, -0.25) is 0 Å². The molecule has 2 unspecified atom stereocenters. The maximum absolute atomic E-state index is 5.63. The van der Waals surface area contributed by atoms with Crippen molar-refractivity contribution in [1.29, 1.82) is 0 Å². The lowest BCUT2D eigenvalue weighted by atomic mass is 10.1. The average Bonchev–Trinajstić information content (AvgIpc) is 3.02. The van der Waals surface area contributed by atoms with E-state index in [9.17, 15) is 0 Å². The summed E-state index contributed by atoms with van der Waals surface area (Å²) in [7, 11) is 0. The molecule has 3 rings (SSSR count). The van der Waals surface area contributed by atoms with Crippen LogP contribution in [0.3, 0.4) is 0 Å². The van der Waals surface area contributed by atoms with Crippen LogP contribution in [0.1, 0.15) is 30.7 Å². The van der Waals surface area contributed by atoms with Crippen LogP contribution in [0.4, 0.5) is 0 Å². The Morgan fingerprint density at radius 2 is 2.47 bits per heavy atom. The fourth-order valence-electron chi connectivity index (χ4n) is 2.26. The van der Waals surface area contributed by atoms with Gasteiger partial charge in [-0.25, -0.2) is 0 Å². The topological polar surface area (TPSA) is 60.2 Å². The van der Waals surface area contributed by atoms with Gasteiger partial charge in [0.2, 0.25) is 11.7 Å². The number of ether oxygens (including phenoxy) is 1. The third-order valence-corrected chi connectivity index (χ3v) is 4.16. The molecule has 1 N–H and O–H groups in total. The maximum Gasteiger partial charge on any atom is 0.228 e. The number of hydrogen-bond donors (Lipinski definition) is 1. The van der Waals surface area contributed by atoms with E-state index in [1.807, 2.05) is 11.8 Å². The first-order valence-corrected chi connectivity index (χ1v) is 7.32. The van der Waals surface area contributed by atoms with E-state index in [1.54, 1.807) is 0 Å². The normalized spacial score (nSPS) is 29.6. The maximum atomic E-state index is 5.63. The Hall–Kier alpha value is -0.590. The smallest absolute Gasteiger partial charge is 0.228 e. The van der Waals surface area contributed by atoms with Gasteiger partial charge in [-0.15, -0.1) is 0 Å². The lowest BCUT2D eigenvalue weighted by Crippen LogP contribution is -2.23. The highest BCUT2D eigenvalue weighted by Crippen LogP contribution is 2.24. The lowest BCUT2D eigenvalue weighted by molar-refractivity contribution is 0.0677. The Kier molecular flexibility index (Phi) is 3.63. The molecular formula is C11H17N3O2S. The summed E-state index contributed by atoms with van der Waals surface area (Å²) in [6.07, 6.45) is 3.30. The quantitative estimate of drug-likeness (QED) is 0.875. The Morgan fingerprint density at radius 1 is 1.47 bits per heavy atom. The monoisotopic (exact) mass is 255 g/mol. The van der Waals surface area contributed by atoms with Gasteiger partial charge in [0, 0.05) is 24.0 Å². The van der Waals surface area contributed by atoms with Gasteiger partial charge in [-0.1, -0.05) is 5.16 Å². The van der Waals surface area contributed by atoms with Crippen molar-refractivity contribution in [2.45, 2.75) is 31.4 Å². The molecule has 5 nitrogen and oxygen atoms in total. The Labute approximate surface area is 105 Å². The summed E-state index contributed by atoms with van der Waals surface area (Å²) in [5, 5.41) is 7.46. The first-order valence-electron chi connectivity index (χ1n) is 6.17. The highest BCUT2D eigenvalue weighted by atomic mass is 32.2. The molecule has 2 atom stereocenters. The van der Waals surface area contributed by atoms with Crippen LogP contribution in [0.25, 0.3) is 0 Å². The van der Waals surface area contributed by atoms with Gasteiger partial charge < -0.3 is 14.6 Å². The number of thioether (sulfide) groups is 1. The molecule has 0 radical (unpaired) electrons. The molecule has 6 heteroatoms. The summed E-state index contributed by atoms with van der Waals surface area (Å²) < 4.78 is 10.9. The third kappa shape index (κ3) is 2.81. The molecule has 1 aromatic rings. The summed E-state index contributed by atoms with van der Waals surface area (Å²) in [6.45, 7) is 1.89. The van der Waals surface area contributed by atoms with E-state index in [2.05, 4.69) is 15.5 Å². The zero-order valence-electron chi connectivity index (χ0n) is 9.72. The standard InChI is InChI=1S/C11H17N3O2S/c1-2-8(12-3-1)6-10-13-11(14-16-10)9-7-17-5-4-15-9/h8-9,12H,1-7H2. The Bertz CT molecular complexity index is 359. The van der Waals surface area contributed by atoms with Crippen LogP contribution >= 0.6 is 11.8 Å². The van der Waals surface area contributed by atoms with Crippen molar-refractivity contribution in [3.8, 4) is 0 Å². The summed E-state index contributed by atoms with van der Waals surface area (Å²) in [4.78, 5) is 4.44. The fourth-order valence-corrected chi connectivity index (χ4v) is 3.10. The van der Waals surface area contributed by atoms with E-state index in [0.29, 0.717) is 11.9 Å². The highest BCUT2D eigenvalue weighted by Gasteiger charge is 2.23. The van der Waals surface area contributed by atoms with Crippen LogP contribution < -0.4 is 5.32 Å². The zero-order valence-corrected chi connectivity index (χ0v) is 10.5. The Morgan fingerprint density at radius 3 is 3.24 bits per heavy atom. The first-order chi connectivity index (χ1) is 8.42. The van der Waals surface area contributed by atoms with Crippen molar-refractivity contribution in [1.82, 2.24) is 15.5 Å². The summed E-state index contributed by atoms with van der Waals surface area (Å²) >= 11 is 1.88. The summed E-state index contributed by atoms with van der Waals surface area (Å²) in [5.74, 6) is 3.44. The van der Waals surface area contributed by atoms with Crippen molar-refractivity contribution in [2.24, 2.45) is 0 Å². The zero-order chi connectivity index (χ0) is 11.5. The Balaban J connectivity index is 1.60. The van der Waals surface area contributed by atoms with Crippen LogP contribution in [0.15, 0.2) is 4.52 Å². The van der Waals surface area contributed by atoms with Crippen LogP contribution in [0, 0.1) is 0 Å². The number of nitrogens with zero attached hydrogens (tertiary/aromatic N) is 2. The van der Waals surface area contributed by atoms with Crippen LogP contribution in [-0.2, 0) is 11.2 Å². The molecule has 3 heterocycles. The van der Waals surface area contributed by atoms with Gasteiger partial charge >= 0.3 is 0 Å². The fraction of sp³-hybridized carbons (Fsp3) is 0.818. The largest absolute Gasteiger partial charge is 0.368 e. The van der Waals surface area contributed by atoms with Crippen molar-refractivity contribution < 1.29 is 9.26 Å². The molecule has 17 heavy (non-hydrogen) atoms. The van der Waals surface area contributed by atoms with Gasteiger partial charge in [-0.05, 0) is 19.4 Å². The van der Waals surface area contributed by atoms with Crippen LogP contribution in [-0.4, -0.2) is 40.8 Å². The van der Waals surface area contributed by atoms with Crippen molar-refractivity contribution in [3.63, 3.8) is 0 Å². The second-order valence-electron chi connectivity index (χ2n) is 4.48. The molecule has 2 aliphatic rings. The van der Waals surface area contributed by atoms with E-state index in [0.717, 1.165) is 37.0 Å². The van der Waals surface area contributed by atoms with Crippen molar-refractivity contribution >= 4 is 11.8 Å². The first kappa shape index (κ1) is 11.5. The molecule has 1 aromatic heterocycles. The van der Waals surface area contributed by atoms with E-state index in [4.69, 9.17) is 9.26 Å². The van der Waals surface area contributed by atoms with Crippen LogP contribution in [0.2, 0.25) is 0 Å². The van der Waals surface area contributed by atoms with Gasteiger partial charge in [0.15, 0.2) is 0 Å². The van der Waals surface area contributed by atoms with E-state index in [1.165, 1.54) is 12.8 Å². The molecule has 0 amide bonds. The molecule has 0 spiro atoms. The predicted molar refractivity (Wildman–Crippen MR) is 65.0 cm³/mol. The molecule has 0 saturated carbocycles. The number of nitrogens with one attached hydrogen (secondary N) is 1. The van der Waals surface area contributed by atoms with Crippen LogP contribution in [0.5, 0.6) is 0 Å². The van der Waals surface area contributed by atoms with E-state index < -0.39 is 0 Å². The van der Waals surface area contributed by atoms with Gasteiger partial charge in [0.05, 0.1) is 6.61 Å². The second-order valence-corrected chi connectivity index (χ2v) is 5.63. The molecule has 2 aliphatic heterocycles. The van der Waals surface area contributed by atoms with Gasteiger partial charge in [0.25, 0.3) is 0 Å². The minimum Gasteiger partial charge on any atom is -0.368 e. The van der Waals surface area contributed by atoms with Crippen molar-refractivity contribution in [2.75, 3.05) is 24.7 Å². The second kappa shape index (κ2) is 5.37. The molecule has 0 aliphatic carbocycles. The summed E-state index contributed by atoms with van der Waals surface area (Å²) in [6, 6.07) is 0.505. The van der Waals surface area contributed by atoms with Crippen molar-refractivity contribution in [3.05, 3.63) is 11.7 Å². The molecular weight excluding hydrogens is 238 g/mol.